The van der Waals surface area contributed by atoms with Gasteiger partial charge in [0.15, 0.2) is 0 Å². The molecule has 2 rings (SSSR count). The van der Waals surface area contributed by atoms with E-state index in [1.165, 1.54) is 18.2 Å². The second-order valence-corrected chi connectivity index (χ2v) is 5.63. The highest BCUT2D eigenvalue weighted by Gasteiger charge is 2.30. The zero-order valence-corrected chi connectivity index (χ0v) is 12.1. The summed E-state index contributed by atoms with van der Waals surface area (Å²) in [5.41, 5.74) is 0.462. The Morgan fingerprint density at radius 1 is 1.35 bits per heavy atom. The highest BCUT2D eigenvalue weighted by atomic mass is 79.9. The van der Waals surface area contributed by atoms with Gasteiger partial charge in [0.2, 0.25) is 0 Å². The number of urea groups is 1. The van der Waals surface area contributed by atoms with E-state index in [9.17, 15) is 14.0 Å². The van der Waals surface area contributed by atoms with Crippen molar-refractivity contribution in [3.63, 3.8) is 0 Å². The summed E-state index contributed by atoms with van der Waals surface area (Å²) in [4.78, 5) is 22.6. The van der Waals surface area contributed by atoms with E-state index in [0.717, 1.165) is 0 Å². The molecule has 1 aliphatic carbocycles. The molecule has 0 unspecified atom stereocenters. The minimum absolute atomic E-state index is 0.139. The number of hydrogen-bond acceptors (Lipinski definition) is 2. The number of carbonyl (C=O) groups excluding carboxylic acids is 1. The van der Waals surface area contributed by atoms with Crippen molar-refractivity contribution in [3.8, 4) is 0 Å². The van der Waals surface area contributed by atoms with Crippen molar-refractivity contribution in [1.29, 1.82) is 0 Å². The Morgan fingerprint density at radius 3 is 2.70 bits per heavy atom. The Kier molecular flexibility index (Phi) is 4.59. The molecule has 1 aliphatic rings. The van der Waals surface area contributed by atoms with Crippen molar-refractivity contribution in [2.75, 3.05) is 5.32 Å². The maximum absolute atomic E-state index is 13.1. The topological polar surface area (TPSA) is 78.4 Å². The lowest BCUT2D eigenvalue weighted by atomic mass is 10.1. The van der Waals surface area contributed by atoms with E-state index < -0.39 is 17.8 Å². The first-order chi connectivity index (χ1) is 9.45. The van der Waals surface area contributed by atoms with Crippen molar-refractivity contribution in [3.05, 3.63) is 28.5 Å². The molecule has 1 aromatic carbocycles. The zero-order valence-electron chi connectivity index (χ0n) is 10.5. The number of aliphatic carboxylic acids is 1. The van der Waals surface area contributed by atoms with Crippen LogP contribution in [0.2, 0.25) is 0 Å². The molecule has 0 saturated heterocycles. The predicted octanol–water partition coefficient (Wildman–Crippen LogP) is 2.96. The molecule has 2 atom stereocenters. The molecule has 108 valence electrons. The molecule has 20 heavy (non-hydrogen) atoms. The standard InChI is InChI=1S/C13H14BrFN2O3/c14-10-6-9(3-4-11(10)15)17-13(20)16-8-2-1-7(5-8)12(18)19/h3-4,6-8H,1-2,5H2,(H,18,19)(H2,16,17,20)/t7-,8+/m1/s1. The van der Waals surface area contributed by atoms with E-state index in [-0.39, 0.29) is 16.4 Å². The van der Waals surface area contributed by atoms with Gasteiger partial charge in [-0.25, -0.2) is 9.18 Å². The van der Waals surface area contributed by atoms with Crippen LogP contribution in [0.25, 0.3) is 0 Å². The first-order valence-corrected chi connectivity index (χ1v) is 7.00. The number of nitrogens with one attached hydrogen (secondary N) is 2. The number of halogens is 2. The molecule has 0 radical (unpaired) electrons. The third-order valence-electron chi connectivity index (χ3n) is 3.29. The van der Waals surface area contributed by atoms with Crippen LogP contribution >= 0.6 is 15.9 Å². The van der Waals surface area contributed by atoms with Crippen LogP contribution in [-0.2, 0) is 4.79 Å². The van der Waals surface area contributed by atoms with Crippen molar-refractivity contribution >= 4 is 33.6 Å². The van der Waals surface area contributed by atoms with Gasteiger partial charge in [0.25, 0.3) is 0 Å². The maximum Gasteiger partial charge on any atom is 0.319 e. The quantitative estimate of drug-likeness (QED) is 0.788. The number of amides is 2. The largest absolute Gasteiger partial charge is 0.481 e. The Morgan fingerprint density at radius 2 is 2.10 bits per heavy atom. The molecule has 5 nitrogen and oxygen atoms in total. The van der Waals surface area contributed by atoms with Crippen LogP contribution in [0.5, 0.6) is 0 Å². The number of hydrogen-bond donors (Lipinski definition) is 3. The summed E-state index contributed by atoms with van der Waals surface area (Å²) in [5.74, 6) is -1.62. The van der Waals surface area contributed by atoms with E-state index in [1.807, 2.05) is 0 Å². The van der Waals surface area contributed by atoms with Gasteiger partial charge in [-0.15, -0.1) is 0 Å². The van der Waals surface area contributed by atoms with E-state index in [1.54, 1.807) is 0 Å². The lowest BCUT2D eigenvalue weighted by molar-refractivity contribution is -0.141. The third kappa shape index (κ3) is 3.69. The van der Waals surface area contributed by atoms with E-state index in [4.69, 9.17) is 5.11 Å². The fraction of sp³-hybridized carbons (Fsp3) is 0.385. The van der Waals surface area contributed by atoms with Gasteiger partial charge < -0.3 is 15.7 Å². The molecule has 2 amide bonds. The van der Waals surface area contributed by atoms with Crippen molar-refractivity contribution < 1.29 is 19.1 Å². The number of carbonyl (C=O) groups is 2. The van der Waals surface area contributed by atoms with Crippen LogP contribution in [0, 0.1) is 11.7 Å². The number of benzene rings is 1. The molecule has 0 spiro atoms. The van der Waals surface area contributed by atoms with Crippen molar-refractivity contribution in [2.24, 2.45) is 5.92 Å². The van der Waals surface area contributed by atoms with Gasteiger partial charge in [0.05, 0.1) is 10.4 Å². The second-order valence-electron chi connectivity index (χ2n) is 4.77. The molecule has 3 N–H and O–H groups in total. The fourth-order valence-electron chi connectivity index (χ4n) is 2.26. The van der Waals surface area contributed by atoms with E-state index >= 15 is 0 Å². The van der Waals surface area contributed by atoms with Gasteiger partial charge in [0.1, 0.15) is 5.82 Å². The van der Waals surface area contributed by atoms with Gasteiger partial charge in [-0.3, -0.25) is 4.79 Å². The lowest BCUT2D eigenvalue weighted by Crippen LogP contribution is -2.36. The summed E-state index contributed by atoms with van der Waals surface area (Å²) >= 11 is 3.04. The van der Waals surface area contributed by atoms with Gasteiger partial charge in [-0.2, -0.15) is 0 Å². The fourth-order valence-corrected chi connectivity index (χ4v) is 2.64. The number of anilines is 1. The number of carboxylic acid groups (broad SMARTS) is 1. The van der Waals surface area contributed by atoms with Crippen LogP contribution < -0.4 is 10.6 Å². The summed E-state index contributed by atoms with van der Waals surface area (Å²) in [6, 6.07) is 3.60. The van der Waals surface area contributed by atoms with Crippen LogP contribution in [0.15, 0.2) is 22.7 Å². The summed E-state index contributed by atoms with van der Waals surface area (Å²) in [5, 5.41) is 14.2. The Bertz CT molecular complexity index is 538. The summed E-state index contributed by atoms with van der Waals surface area (Å²) in [6.45, 7) is 0. The highest BCUT2D eigenvalue weighted by molar-refractivity contribution is 9.10. The minimum Gasteiger partial charge on any atom is -0.481 e. The van der Waals surface area contributed by atoms with Crippen LogP contribution in [-0.4, -0.2) is 23.1 Å². The number of carboxylic acids is 1. The minimum atomic E-state index is -0.822. The molecule has 1 aromatic rings. The van der Waals surface area contributed by atoms with E-state index in [2.05, 4.69) is 26.6 Å². The Hall–Kier alpha value is -1.63. The van der Waals surface area contributed by atoms with Crippen LogP contribution in [0.3, 0.4) is 0 Å². The van der Waals surface area contributed by atoms with Crippen molar-refractivity contribution in [1.82, 2.24) is 5.32 Å². The molecule has 0 heterocycles. The van der Waals surface area contributed by atoms with E-state index in [0.29, 0.717) is 24.9 Å². The lowest BCUT2D eigenvalue weighted by Gasteiger charge is -2.13. The summed E-state index contributed by atoms with van der Waals surface area (Å²) in [7, 11) is 0. The third-order valence-corrected chi connectivity index (χ3v) is 3.90. The average molecular weight is 345 g/mol. The monoisotopic (exact) mass is 344 g/mol. The Balaban J connectivity index is 1.87. The highest BCUT2D eigenvalue weighted by Crippen LogP contribution is 2.26. The first kappa shape index (κ1) is 14.8. The summed E-state index contributed by atoms with van der Waals surface area (Å²) < 4.78 is 13.3. The molecule has 7 heteroatoms. The van der Waals surface area contributed by atoms with Gasteiger partial charge >= 0.3 is 12.0 Å². The zero-order chi connectivity index (χ0) is 14.7. The van der Waals surface area contributed by atoms with Gasteiger partial charge in [0, 0.05) is 11.7 Å². The second kappa shape index (κ2) is 6.21. The molecule has 0 aromatic heterocycles. The maximum atomic E-state index is 13.1. The van der Waals surface area contributed by atoms with Crippen LogP contribution in [0.4, 0.5) is 14.9 Å². The number of rotatable bonds is 3. The SMILES string of the molecule is O=C(Nc1ccc(F)c(Br)c1)N[C@H]1CC[C@@H](C(=O)O)C1. The first-order valence-electron chi connectivity index (χ1n) is 6.21. The van der Waals surface area contributed by atoms with Crippen molar-refractivity contribution in [2.45, 2.75) is 25.3 Å². The molecular formula is C13H14BrFN2O3. The normalized spacial score (nSPS) is 21.5. The average Bonchev–Trinajstić information content (AvgIpc) is 2.82. The molecule has 1 fully saturated rings. The molecule has 1 saturated carbocycles. The summed E-state index contributed by atoms with van der Waals surface area (Å²) in [6.07, 6.45) is 1.66. The van der Waals surface area contributed by atoms with Crippen LogP contribution in [0.1, 0.15) is 19.3 Å². The molecular weight excluding hydrogens is 331 g/mol. The Labute approximate surface area is 123 Å². The smallest absolute Gasteiger partial charge is 0.319 e. The molecule has 0 bridgehead atoms. The molecule has 0 aliphatic heterocycles. The van der Waals surface area contributed by atoms with Gasteiger partial charge in [-0.1, -0.05) is 0 Å². The van der Waals surface area contributed by atoms with Gasteiger partial charge in [-0.05, 0) is 53.4 Å². The predicted molar refractivity (Wildman–Crippen MR) is 75.0 cm³/mol.